The zero-order valence-corrected chi connectivity index (χ0v) is 19.0. The number of hydrogen-bond donors (Lipinski definition) is 0. The molecule has 0 bridgehead atoms. The normalized spacial score (nSPS) is 44.8. The minimum absolute atomic E-state index is 0.00983. The molecule has 5 nitrogen and oxygen atoms in total. The zero-order chi connectivity index (χ0) is 21.8. The van der Waals surface area contributed by atoms with E-state index in [2.05, 4.69) is 19.9 Å². The zero-order valence-electron chi connectivity index (χ0n) is 19.0. The highest BCUT2D eigenvalue weighted by Crippen LogP contribution is 2.67. The van der Waals surface area contributed by atoms with Crippen LogP contribution in [0.5, 0.6) is 0 Å². The Labute approximate surface area is 179 Å². The minimum atomic E-state index is -0.230. The Morgan fingerprint density at radius 1 is 1.00 bits per heavy atom. The molecule has 4 aliphatic carbocycles. The second-order valence-electron chi connectivity index (χ2n) is 10.8. The highest BCUT2D eigenvalue weighted by atomic mass is 16.5. The van der Waals surface area contributed by atoms with Crippen molar-refractivity contribution in [2.45, 2.75) is 91.8 Å². The van der Waals surface area contributed by atoms with Gasteiger partial charge in [0.1, 0.15) is 12.2 Å². The molecule has 0 spiro atoms. The second kappa shape index (κ2) is 7.49. The summed E-state index contributed by atoms with van der Waals surface area (Å²) in [5.74, 6) is 1.40. The van der Waals surface area contributed by atoms with Gasteiger partial charge in [-0.3, -0.25) is 14.4 Å². The van der Waals surface area contributed by atoms with Crippen LogP contribution in [-0.2, 0) is 23.9 Å². The number of allylic oxidation sites excluding steroid dienone is 2. The number of esters is 2. The Hall–Kier alpha value is -1.65. The van der Waals surface area contributed by atoms with Gasteiger partial charge in [-0.25, -0.2) is 0 Å². The molecule has 5 heteroatoms. The van der Waals surface area contributed by atoms with Crippen LogP contribution in [0.15, 0.2) is 11.6 Å². The predicted octanol–water partition coefficient (Wildman–Crippen LogP) is 4.63. The summed E-state index contributed by atoms with van der Waals surface area (Å²) in [4.78, 5) is 36.0. The van der Waals surface area contributed by atoms with Gasteiger partial charge in [0.05, 0.1) is 0 Å². The van der Waals surface area contributed by atoms with Crippen LogP contribution in [0.4, 0.5) is 0 Å². The number of ketones is 1. The lowest BCUT2D eigenvalue weighted by Crippen LogP contribution is -2.59. The molecule has 0 N–H and O–H groups in total. The van der Waals surface area contributed by atoms with Crippen LogP contribution in [-0.4, -0.2) is 29.9 Å². The van der Waals surface area contributed by atoms with Crippen LogP contribution in [0.3, 0.4) is 0 Å². The van der Waals surface area contributed by atoms with Gasteiger partial charge in [0, 0.05) is 25.2 Å². The largest absolute Gasteiger partial charge is 0.463 e. The van der Waals surface area contributed by atoms with E-state index in [0.29, 0.717) is 23.7 Å². The van der Waals surface area contributed by atoms with Gasteiger partial charge in [-0.05, 0) is 80.6 Å². The van der Waals surface area contributed by atoms with Crippen molar-refractivity contribution < 1.29 is 23.9 Å². The van der Waals surface area contributed by atoms with Crippen LogP contribution in [0.25, 0.3) is 0 Å². The molecule has 0 unspecified atom stereocenters. The lowest BCUT2D eigenvalue weighted by atomic mass is 9.44. The molecule has 166 valence electrons. The van der Waals surface area contributed by atoms with Crippen LogP contribution in [0.2, 0.25) is 0 Å². The summed E-state index contributed by atoms with van der Waals surface area (Å²) in [6.45, 7) is 9.26. The molecule has 4 aliphatic rings. The van der Waals surface area contributed by atoms with Crippen molar-refractivity contribution in [2.75, 3.05) is 0 Å². The Morgan fingerprint density at radius 3 is 2.33 bits per heavy atom. The summed E-state index contributed by atoms with van der Waals surface area (Å²) in [5, 5.41) is 0. The number of hydrogen-bond acceptors (Lipinski definition) is 5. The molecule has 0 radical (unpaired) electrons. The van der Waals surface area contributed by atoms with Crippen LogP contribution in [0.1, 0.15) is 79.6 Å². The molecular weight excluding hydrogens is 380 g/mol. The average molecular weight is 417 g/mol. The van der Waals surface area contributed by atoms with Gasteiger partial charge in [0.2, 0.25) is 0 Å². The number of carbonyl (C=O) groups is 3. The standard InChI is InChI=1S/C25H36O5/c1-14(26)20-8-9-21-19-7-6-17-12-18(29-15(2)27)10-11-24(17,4)23(19)22(30-16(3)28)13-25(20,21)5/h8,17-19,21-23H,6-7,9-13H2,1-5H3/t17-,18-,19-,21-,22+,23+,24-,25+/m0/s1. The van der Waals surface area contributed by atoms with E-state index in [-0.39, 0.29) is 40.8 Å². The summed E-state index contributed by atoms with van der Waals surface area (Å²) in [6, 6.07) is 0. The van der Waals surface area contributed by atoms with E-state index in [1.165, 1.54) is 13.8 Å². The third kappa shape index (κ3) is 3.33. The maximum Gasteiger partial charge on any atom is 0.302 e. The molecule has 0 aromatic rings. The predicted molar refractivity (Wildman–Crippen MR) is 112 cm³/mol. The fourth-order valence-electron chi connectivity index (χ4n) is 8.09. The van der Waals surface area contributed by atoms with Gasteiger partial charge in [-0.15, -0.1) is 0 Å². The summed E-state index contributed by atoms with van der Waals surface area (Å²) < 4.78 is 11.6. The van der Waals surface area contributed by atoms with Crippen molar-refractivity contribution in [2.24, 2.45) is 34.5 Å². The van der Waals surface area contributed by atoms with Crippen molar-refractivity contribution >= 4 is 17.7 Å². The molecule has 4 rings (SSSR count). The van der Waals surface area contributed by atoms with Gasteiger partial charge in [-0.2, -0.15) is 0 Å². The van der Waals surface area contributed by atoms with Crippen LogP contribution < -0.4 is 0 Å². The van der Waals surface area contributed by atoms with Crippen LogP contribution in [0, 0.1) is 34.5 Å². The fraction of sp³-hybridized carbons (Fsp3) is 0.800. The molecule has 8 atom stereocenters. The molecule has 30 heavy (non-hydrogen) atoms. The first-order valence-corrected chi connectivity index (χ1v) is 11.6. The van der Waals surface area contributed by atoms with Gasteiger partial charge < -0.3 is 9.47 Å². The fourth-order valence-corrected chi connectivity index (χ4v) is 8.09. The SMILES string of the molecule is CC(=O)O[C@H]1CC[C@@]2(C)[C@@H](CC[C@@H]3[C@@H]2[C@H](OC(C)=O)C[C@]2(C)C(C(C)=O)=CC[C@@H]32)C1. The van der Waals surface area contributed by atoms with Crippen molar-refractivity contribution in [3.05, 3.63) is 11.6 Å². The van der Waals surface area contributed by atoms with E-state index >= 15 is 0 Å². The molecule has 3 saturated carbocycles. The Balaban J connectivity index is 1.66. The summed E-state index contributed by atoms with van der Waals surface area (Å²) in [5.41, 5.74) is 0.805. The number of ether oxygens (including phenoxy) is 2. The second-order valence-corrected chi connectivity index (χ2v) is 10.8. The van der Waals surface area contributed by atoms with E-state index in [0.717, 1.165) is 50.5 Å². The lowest BCUT2D eigenvalue weighted by molar-refractivity contribution is -0.195. The average Bonchev–Trinajstić information content (AvgIpc) is 2.97. The molecule has 0 aromatic carbocycles. The van der Waals surface area contributed by atoms with E-state index < -0.39 is 0 Å². The van der Waals surface area contributed by atoms with Crippen molar-refractivity contribution in [3.8, 4) is 0 Å². The molecule has 0 aromatic heterocycles. The summed E-state index contributed by atoms with van der Waals surface area (Å²) in [6.07, 6.45) is 8.68. The van der Waals surface area contributed by atoms with Gasteiger partial charge in [0.15, 0.2) is 5.78 Å². The number of carbonyl (C=O) groups excluding carboxylic acids is 3. The topological polar surface area (TPSA) is 69.7 Å². The molecule has 0 aliphatic heterocycles. The summed E-state index contributed by atoms with van der Waals surface area (Å²) >= 11 is 0. The smallest absolute Gasteiger partial charge is 0.302 e. The first kappa shape index (κ1) is 21.6. The van der Waals surface area contributed by atoms with Gasteiger partial charge >= 0.3 is 11.9 Å². The van der Waals surface area contributed by atoms with E-state index in [1.807, 2.05) is 0 Å². The molecule has 0 saturated heterocycles. The first-order valence-electron chi connectivity index (χ1n) is 11.6. The number of fused-ring (bicyclic) bond motifs is 5. The lowest BCUT2D eigenvalue weighted by Gasteiger charge is -2.62. The monoisotopic (exact) mass is 416 g/mol. The van der Waals surface area contributed by atoms with Crippen molar-refractivity contribution in [1.29, 1.82) is 0 Å². The Bertz CT molecular complexity index is 784. The maximum absolute atomic E-state index is 12.4. The molecule has 0 amide bonds. The van der Waals surface area contributed by atoms with Crippen LogP contribution >= 0.6 is 0 Å². The number of rotatable bonds is 3. The van der Waals surface area contributed by atoms with Crippen molar-refractivity contribution in [1.82, 2.24) is 0 Å². The highest BCUT2D eigenvalue weighted by molar-refractivity contribution is 5.95. The summed E-state index contributed by atoms with van der Waals surface area (Å²) in [7, 11) is 0. The van der Waals surface area contributed by atoms with E-state index in [4.69, 9.17) is 9.47 Å². The van der Waals surface area contributed by atoms with E-state index in [9.17, 15) is 14.4 Å². The third-order valence-corrected chi connectivity index (χ3v) is 9.14. The maximum atomic E-state index is 12.4. The van der Waals surface area contributed by atoms with Crippen molar-refractivity contribution in [3.63, 3.8) is 0 Å². The third-order valence-electron chi connectivity index (χ3n) is 9.14. The minimum Gasteiger partial charge on any atom is -0.463 e. The first-order chi connectivity index (χ1) is 14.1. The van der Waals surface area contributed by atoms with Gasteiger partial charge in [-0.1, -0.05) is 19.9 Å². The van der Waals surface area contributed by atoms with E-state index in [1.54, 1.807) is 6.92 Å². The quantitative estimate of drug-likeness (QED) is 0.628. The highest BCUT2D eigenvalue weighted by Gasteiger charge is 2.63. The molecular formula is C25H36O5. The Kier molecular flexibility index (Phi) is 5.39. The Morgan fingerprint density at radius 2 is 1.70 bits per heavy atom. The number of Topliss-reactive ketones (excluding diaryl/α,β-unsaturated/α-hetero) is 1. The molecule has 0 heterocycles. The molecule has 3 fully saturated rings. The van der Waals surface area contributed by atoms with Gasteiger partial charge in [0.25, 0.3) is 0 Å².